The number of aliphatic hydroxyl groups is 3. The molecule has 0 aliphatic heterocycles. The van der Waals surface area contributed by atoms with Gasteiger partial charge in [-0.3, -0.25) is 15.1 Å². The maximum atomic E-state index is 10.6. The monoisotopic (exact) mass is 228 g/mol. The first kappa shape index (κ1) is 12.5. The molecule has 0 aliphatic carbocycles. The van der Waals surface area contributed by atoms with E-state index in [4.69, 9.17) is 5.11 Å². The number of aliphatic hydroxyl groups excluding tert-OH is 3. The molecule has 1 aromatic heterocycles. The topological polar surface area (TPSA) is 117 Å². The van der Waals surface area contributed by atoms with Crippen molar-refractivity contribution in [3.63, 3.8) is 0 Å². The molecular weight excluding hydrogens is 216 g/mol. The maximum Gasteiger partial charge on any atom is 0.293 e. The summed E-state index contributed by atoms with van der Waals surface area (Å²) in [6, 6.07) is 2.56. The minimum Gasteiger partial charge on any atom is -0.396 e. The number of hydrogen-bond acceptors (Lipinski definition) is 6. The van der Waals surface area contributed by atoms with E-state index in [2.05, 4.69) is 4.98 Å². The van der Waals surface area contributed by atoms with Crippen molar-refractivity contribution in [2.45, 2.75) is 18.6 Å². The standard InChI is InChI=1S/C9H12N2O5/c12-5-3-7(13)9(14)8-6(11(15)16)2-1-4-10-8/h1-2,4,7,9,12-14H,3,5H2. The van der Waals surface area contributed by atoms with Crippen molar-refractivity contribution in [1.29, 1.82) is 0 Å². The number of nitrogens with zero attached hydrogens (tertiary/aromatic N) is 2. The first-order chi connectivity index (χ1) is 7.57. The summed E-state index contributed by atoms with van der Waals surface area (Å²) in [6.45, 7) is -0.321. The van der Waals surface area contributed by atoms with Crippen LogP contribution in [0.2, 0.25) is 0 Å². The summed E-state index contributed by atoms with van der Waals surface area (Å²) in [5.74, 6) is 0. The summed E-state index contributed by atoms with van der Waals surface area (Å²) >= 11 is 0. The normalized spacial score (nSPS) is 14.4. The van der Waals surface area contributed by atoms with E-state index in [0.29, 0.717) is 0 Å². The van der Waals surface area contributed by atoms with Crippen LogP contribution in [0, 0.1) is 10.1 Å². The van der Waals surface area contributed by atoms with E-state index < -0.39 is 17.1 Å². The van der Waals surface area contributed by atoms with Crippen molar-refractivity contribution < 1.29 is 20.2 Å². The Balaban J connectivity index is 2.98. The van der Waals surface area contributed by atoms with Gasteiger partial charge in [-0.25, -0.2) is 0 Å². The van der Waals surface area contributed by atoms with Crippen molar-refractivity contribution in [3.8, 4) is 0 Å². The molecule has 0 saturated heterocycles. The molecule has 0 spiro atoms. The maximum absolute atomic E-state index is 10.6. The van der Waals surface area contributed by atoms with Gasteiger partial charge in [0.2, 0.25) is 0 Å². The minimum absolute atomic E-state index is 0.0745. The van der Waals surface area contributed by atoms with Crippen molar-refractivity contribution >= 4 is 5.69 Å². The summed E-state index contributed by atoms with van der Waals surface area (Å²) in [6.07, 6.45) is -1.54. The van der Waals surface area contributed by atoms with E-state index in [1.807, 2.05) is 0 Å². The van der Waals surface area contributed by atoms with Gasteiger partial charge in [-0.2, -0.15) is 0 Å². The molecule has 0 amide bonds. The Bertz CT molecular complexity index is 371. The van der Waals surface area contributed by atoms with Gasteiger partial charge in [0.15, 0.2) is 0 Å². The molecule has 16 heavy (non-hydrogen) atoms. The summed E-state index contributed by atoms with van der Waals surface area (Å²) in [7, 11) is 0. The van der Waals surface area contributed by atoms with Gasteiger partial charge in [0.1, 0.15) is 11.8 Å². The second kappa shape index (κ2) is 5.50. The van der Waals surface area contributed by atoms with Crippen molar-refractivity contribution in [3.05, 3.63) is 34.1 Å². The van der Waals surface area contributed by atoms with Crippen LogP contribution < -0.4 is 0 Å². The van der Waals surface area contributed by atoms with Crippen LogP contribution in [0.4, 0.5) is 5.69 Å². The molecule has 2 unspecified atom stereocenters. The van der Waals surface area contributed by atoms with Crippen LogP contribution in [-0.4, -0.2) is 37.9 Å². The summed E-state index contributed by atoms with van der Waals surface area (Å²) < 4.78 is 0. The van der Waals surface area contributed by atoms with Gasteiger partial charge in [-0.1, -0.05) is 0 Å². The quantitative estimate of drug-likeness (QED) is 0.473. The predicted octanol–water partition coefficient (Wildman–Crippen LogP) is -0.233. The van der Waals surface area contributed by atoms with Crippen LogP contribution in [-0.2, 0) is 0 Å². The van der Waals surface area contributed by atoms with Crippen LogP contribution in [0.5, 0.6) is 0 Å². The van der Waals surface area contributed by atoms with Gasteiger partial charge in [-0.05, 0) is 12.5 Å². The van der Waals surface area contributed by atoms with Gasteiger partial charge >= 0.3 is 0 Å². The number of pyridine rings is 1. The Morgan fingerprint density at radius 2 is 2.19 bits per heavy atom. The average molecular weight is 228 g/mol. The summed E-state index contributed by atoms with van der Waals surface area (Å²) in [5, 5.41) is 38.2. The fraction of sp³-hybridized carbons (Fsp3) is 0.444. The van der Waals surface area contributed by atoms with Gasteiger partial charge in [-0.15, -0.1) is 0 Å². The Morgan fingerprint density at radius 3 is 2.75 bits per heavy atom. The third-order valence-corrected chi connectivity index (χ3v) is 2.08. The molecular formula is C9H12N2O5. The highest BCUT2D eigenvalue weighted by molar-refractivity contribution is 5.36. The van der Waals surface area contributed by atoms with E-state index in [9.17, 15) is 20.3 Å². The molecule has 0 aliphatic rings. The molecule has 2 atom stereocenters. The van der Waals surface area contributed by atoms with Gasteiger partial charge < -0.3 is 15.3 Å². The van der Waals surface area contributed by atoms with E-state index in [-0.39, 0.29) is 24.4 Å². The van der Waals surface area contributed by atoms with E-state index >= 15 is 0 Å². The van der Waals surface area contributed by atoms with Crippen LogP contribution in [0.1, 0.15) is 18.2 Å². The SMILES string of the molecule is O=[N+]([O-])c1cccnc1C(O)C(O)CCO. The van der Waals surface area contributed by atoms with Gasteiger partial charge in [0.05, 0.1) is 11.0 Å². The fourth-order valence-electron chi connectivity index (χ4n) is 1.26. The highest BCUT2D eigenvalue weighted by atomic mass is 16.6. The third kappa shape index (κ3) is 2.72. The second-order valence-corrected chi connectivity index (χ2v) is 3.19. The molecule has 1 rings (SSSR count). The minimum atomic E-state index is -1.48. The summed E-state index contributed by atoms with van der Waals surface area (Å²) in [5.41, 5.74) is -0.555. The number of nitro groups is 1. The first-order valence-corrected chi connectivity index (χ1v) is 4.64. The molecule has 0 fully saturated rings. The Labute approximate surface area is 91.1 Å². The van der Waals surface area contributed by atoms with Gasteiger partial charge in [0.25, 0.3) is 5.69 Å². The van der Waals surface area contributed by atoms with Crippen LogP contribution in [0.25, 0.3) is 0 Å². The predicted molar refractivity (Wildman–Crippen MR) is 53.6 cm³/mol. The number of hydrogen-bond donors (Lipinski definition) is 3. The lowest BCUT2D eigenvalue weighted by Gasteiger charge is -2.15. The van der Waals surface area contributed by atoms with Gasteiger partial charge in [0, 0.05) is 18.9 Å². The fourth-order valence-corrected chi connectivity index (χ4v) is 1.26. The molecule has 0 radical (unpaired) electrons. The van der Waals surface area contributed by atoms with E-state index in [0.717, 1.165) is 0 Å². The molecule has 0 aromatic carbocycles. The van der Waals surface area contributed by atoms with E-state index in [1.54, 1.807) is 0 Å². The molecule has 7 nitrogen and oxygen atoms in total. The largest absolute Gasteiger partial charge is 0.396 e. The Hall–Kier alpha value is -1.57. The molecule has 0 saturated carbocycles. The third-order valence-electron chi connectivity index (χ3n) is 2.08. The van der Waals surface area contributed by atoms with Crippen LogP contribution in [0.15, 0.2) is 18.3 Å². The molecule has 7 heteroatoms. The smallest absolute Gasteiger partial charge is 0.293 e. The van der Waals surface area contributed by atoms with Crippen molar-refractivity contribution in [1.82, 2.24) is 4.98 Å². The number of aromatic nitrogens is 1. The van der Waals surface area contributed by atoms with Crippen LogP contribution >= 0.6 is 0 Å². The zero-order valence-corrected chi connectivity index (χ0v) is 8.35. The first-order valence-electron chi connectivity index (χ1n) is 4.64. The zero-order chi connectivity index (χ0) is 12.1. The van der Waals surface area contributed by atoms with Crippen LogP contribution in [0.3, 0.4) is 0 Å². The second-order valence-electron chi connectivity index (χ2n) is 3.19. The highest BCUT2D eigenvalue weighted by Crippen LogP contribution is 2.25. The molecule has 3 N–H and O–H groups in total. The molecule has 88 valence electrons. The Morgan fingerprint density at radius 1 is 1.50 bits per heavy atom. The average Bonchev–Trinajstić information content (AvgIpc) is 2.28. The van der Waals surface area contributed by atoms with Crippen molar-refractivity contribution in [2.75, 3.05) is 6.61 Å². The van der Waals surface area contributed by atoms with Crippen molar-refractivity contribution in [2.24, 2.45) is 0 Å². The lowest BCUT2D eigenvalue weighted by Crippen LogP contribution is -2.21. The molecule has 1 heterocycles. The molecule has 0 bridgehead atoms. The molecule has 1 aromatic rings. The Kier molecular flexibility index (Phi) is 4.29. The lowest BCUT2D eigenvalue weighted by atomic mass is 10.1. The number of rotatable bonds is 5. The lowest BCUT2D eigenvalue weighted by molar-refractivity contribution is -0.386. The summed E-state index contributed by atoms with van der Waals surface area (Å²) in [4.78, 5) is 13.6. The highest BCUT2D eigenvalue weighted by Gasteiger charge is 2.26. The zero-order valence-electron chi connectivity index (χ0n) is 8.35. The van der Waals surface area contributed by atoms with E-state index in [1.165, 1.54) is 18.3 Å².